The van der Waals surface area contributed by atoms with Gasteiger partial charge in [0.15, 0.2) is 0 Å². The maximum absolute atomic E-state index is 13.7. The Bertz CT molecular complexity index is 1600. The smallest absolute Gasteiger partial charge is 0.332 e. The van der Waals surface area contributed by atoms with E-state index in [1.54, 1.807) is 43.2 Å². The third-order valence-electron chi connectivity index (χ3n) is 6.68. The number of hydrogen-bond donors (Lipinski definition) is 1. The number of hydrogen-bond acceptors (Lipinski definition) is 6. The molecular weight excluding hydrogens is 516 g/mol. The lowest BCUT2D eigenvalue weighted by molar-refractivity contribution is -0.116. The van der Waals surface area contributed by atoms with Gasteiger partial charge in [0.25, 0.3) is 11.5 Å². The number of aromatic nitrogens is 2. The average Bonchev–Trinajstić information content (AvgIpc) is 3.29. The van der Waals surface area contributed by atoms with Crippen LogP contribution in [0.3, 0.4) is 0 Å². The van der Waals surface area contributed by atoms with E-state index in [4.69, 9.17) is 4.74 Å². The fourth-order valence-electron chi connectivity index (χ4n) is 4.49. The molecule has 4 aromatic rings. The van der Waals surface area contributed by atoms with Gasteiger partial charge < -0.3 is 15.0 Å². The second kappa shape index (κ2) is 12.1. The van der Waals surface area contributed by atoms with Gasteiger partial charge in [-0.1, -0.05) is 30.3 Å². The van der Waals surface area contributed by atoms with Gasteiger partial charge in [-0.25, -0.2) is 4.79 Å². The van der Waals surface area contributed by atoms with Gasteiger partial charge in [0, 0.05) is 25.3 Å². The Labute approximate surface area is 230 Å². The number of benzene rings is 2. The lowest BCUT2D eigenvalue weighted by atomic mass is 10.1. The molecule has 0 spiro atoms. The molecule has 0 atom stereocenters. The van der Waals surface area contributed by atoms with Crippen LogP contribution in [-0.4, -0.2) is 46.0 Å². The summed E-state index contributed by atoms with van der Waals surface area (Å²) in [7, 11) is 1.56. The number of carbonyl (C=O) groups excluding carboxylic acids is 2. The zero-order valence-electron chi connectivity index (χ0n) is 22.5. The Morgan fingerprint density at radius 1 is 0.974 bits per heavy atom. The first kappa shape index (κ1) is 27.8. The Balaban J connectivity index is 1.79. The van der Waals surface area contributed by atoms with E-state index in [-0.39, 0.29) is 19.0 Å². The molecule has 4 rings (SSSR count). The number of nitrogens with zero attached hydrogens (tertiary/aromatic N) is 3. The van der Waals surface area contributed by atoms with Gasteiger partial charge in [0.2, 0.25) is 5.91 Å². The van der Waals surface area contributed by atoms with Gasteiger partial charge in [-0.05, 0) is 62.6 Å². The number of ether oxygens (including phenoxy) is 1. The Hall–Kier alpha value is -4.18. The summed E-state index contributed by atoms with van der Waals surface area (Å²) in [6.07, 6.45) is 0.466. The van der Waals surface area contributed by atoms with E-state index in [0.717, 1.165) is 16.9 Å². The fraction of sp³-hybridized carbons (Fsp3) is 0.310. The highest BCUT2D eigenvalue weighted by Crippen LogP contribution is 2.29. The lowest BCUT2D eigenvalue weighted by Crippen LogP contribution is -2.41. The maximum atomic E-state index is 13.7. The van der Waals surface area contributed by atoms with Crippen molar-refractivity contribution in [1.82, 2.24) is 14.0 Å². The van der Waals surface area contributed by atoms with Crippen molar-refractivity contribution < 1.29 is 14.3 Å². The van der Waals surface area contributed by atoms with Crippen LogP contribution in [0.25, 0.3) is 10.2 Å². The summed E-state index contributed by atoms with van der Waals surface area (Å²) in [5.74, 6) is 0.0194. The maximum Gasteiger partial charge on any atom is 0.332 e. The van der Waals surface area contributed by atoms with Gasteiger partial charge in [-0.2, -0.15) is 0 Å². The van der Waals surface area contributed by atoms with Crippen LogP contribution >= 0.6 is 11.3 Å². The fourth-order valence-corrected chi connectivity index (χ4v) is 5.75. The summed E-state index contributed by atoms with van der Waals surface area (Å²) in [5.41, 5.74) is 1.01. The van der Waals surface area contributed by atoms with E-state index < -0.39 is 17.2 Å². The number of nitrogens with one attached hydrogen (secondary N) is 1. The second-order valence-corrected chi connectivity index (χ2v) is 10.1. The number of carbonyl (C=O) groups is 2. The molecule has 0 saturated heterocycles. The van der Waals surface area contributed by atoms with Gasteiger partial charge in [-0.15, -0.1) is 11.3 Å². The van der Waals surface area contributed by atoms with Gasteiger partial charge >= 0.3 is 5.69 Å². The molecule has 0 saturated carbocycles. The normalized spacial score (nSPS) is 11.0. The van der Waals surface area contributed by atoms with E-state index in [2.05, 4.69) is 5.32 Å². The molecule has 2 aromatic heterocycles. The van der Waals surface area contributed by atoms with Crippen LogP contribution in [0.1, 0.15) is 34.6 Å². The van der Waals surface area contributed by atoms with E-state index in [1.165, 1.54) is 9.13 Å². The molecule has 2 amide bonds. The number of anilines is 1. The molecule has 2 aromatic carbocycles. The number of fused-ring (bicyclic) bond motifs is 1. The molecule has 0 fully saturated rings. The molecule has 0 aliphatic heterocycles. The summed E-state index contributed by atoms with van der Waals surface area (Å²) in [6.45, 7) is 6.37. The van der Waals surface area contributed by atoms with Crippen molar-refractivity contribution in [2.75, 3.05) is 25.5 Å². The molecule has 0 aliphatic carbocycles. The van der Waals surface area contributed by atoms with Crippen molar-refractivity contribution in [3.05, 3.63) is 91.4 Å². The molecule has 2 heterocycles. The molecule has 39 heavy (non-hydrogen) atoms. The number of rotatable bonds is 10. The van der Waals surface area contributed by atoms with Crippen LogP contribution in [-0.2, 0) is 24.3 Å². The molecule has 10 heteroatoms. The summed E-state index contributed by atoms with van der Waals surface area (Å²) < 4.78 is 7.63. The number of aryl methyl sites for hydroxylation is 2. The average molecular weight is 549 g/mol. The van der Waals surface area contributed by atoms with Crippen LogP contribution in [0.5, 0.6) is 5.75 Å². The Morgan fingerprint density at radius 3 is 2.26 bits per heavy atom. The zero-order valence-corrected chi connectivity index (χ0v) is 23.3. The molecule has 0 aliphatic rings. The summed E-state index contributed by atoms with van der Waals surface area (Å²) in [5, 5.41) is 3.09. The van der Waals surface area contributed by atoms with Gasteiger partial charge in [0.1, 0.15) is 17.1 Å². The highest BCUT2D eigenvalue weighted by molar-refractivity contribution is 7.20. The number of methoxy groups -OCH3 is 1. The molecule has 0 radical (unpaired) electrons. The molecule has 9 nitrogen and oxygen atoms in total. The quantitative estimate of drug-likeness (QED) is 0.324. The van der Waals surface area contributed by atoms with E-state index in [0.29, 0.717) is 51.6 Å². The van der Waals surface area contributed by atoms with Gasteiger partial charge in [-0.3, -0.25) is 23.5 Å². The van der Waals surface area contributed by atoms with Crippen molar-refractivity contribution in [3.8, 4) is 5.75 Å². The predicted octanol–water partition coefficient (Wildman–Crippen LogP) is 3.91. The van der Waals surface area contributed by atoms with E-state index >= 15 is 0 Å². The zero-order chi connectivity index (χ0) is 28.1. The van der Waals surface area contributed by atoms with E-state index in [9.17, 15) is 19.2 Å². The molecule has 204 valence electrons. The lowest BCUT2D eigenvalue weighted by Gasteiger charge is -2.17. The molecule has 1 N–H and O–H groups in total. The summed E-state index contributed by atoms with van der Waals surface area (Å²) in [4.78, 5) is 56.0. The minimum Gasteiger partial charge on any atom is -0.497 e. The van der Waals surface area contributed by atoms with Crippen molar-refractivity contribution in [3.63, 3.8) is 0 Å². The Kier molecular flexibility index (Phi) is 8.65. The SMILES string of the molecule is CCN(CC)C(=O)c1sc2c(c1C)c(=O)n(CCc1ccccc1)c(=O)n2CC(=O)Nc1ccc(OC)cc1. The molecule has 0 unspecified atom stereocenters. The minimum absolute atomic E-state index is 0.145. The first-order chi connectivity index (χ1) is 18.8. The first-order valence-corrected chi connectivity index (χ1v) is 13.6. The molecule has 0 bridgehead atoms. The standard InChI is InChI=1S/C29H32N4O5S/c1-5-31(6-2)27(36)25-19(3)24-26(35)32(17-16-20-10-8-7-9-11-20)29(37)33(28(24)39-25)18-23(34)30-21-12-14-22(38-4)15-13-21/h7-15H,5-6,16-18H2,1-4H3,(H,30,34). The highest BCUT2D eigenvalue weighted by atomic mass is 32.1. The molecular formula is C29H32N4O5S. The summed E-state index contributed by atoms with van der Waals surface area (Å²) >= 11 is 1.08. The van der Waals surface area contributed by atoms with Crippen LogP contribution in [0, 0.1) is 6.92 Å². The van der Waals surface area contributed by atoms with Crippen LogP contribution < -0.4 is 21.3 Å². The Morgan fingerprint density at radius 2 is 1.64 bits per heavy atom. The van der Waals surface area contributed by atoms with Crippen molar-refractivity contribution in [2.45, 2.75) is 40.3 Å². The van der Waals surface area contributed by atoms with Crippen molar-refractivity contribution >= 4 is 39.1 Å². The topological polar surface area (TPSA) is 103 Å². The van der Waals surface area contributed by atoms with Crippen molar-refractivity contribution in [2.24, 2.45) is 0 Å². The van der Waals surface area contributed by atoms with E-state index in [1.807, 2.05) is 44.2 Å². The largest absolute Gasteiger partial charge is 0.497 e. The predicted molar refractivity (Wildman–Crippen MR) is 154 cm³/mol. The number of amides is 2. The summed E-state index contributed by atoms with van der Waals surface area (Å²) in [6, 6.07) is 16.4. The highest BCUT2D eigenvalue weighted by Gasteiger charge is 2.26. The monoisotopic (exact) mass is 548 g/mol. The van der Waals surface area contributed by atoms with Crippen molar-refractivity contribution in [1.29, 1.82) is 0 Å². The first-order valence-electron chi connectivity index (χ1n) is 12.8. The van der Waals surface area contributed by atoms with Crippen LogP contribution in [0.2, 0.25) is 0 Å². The second-order valence-electron chi connectivity index (χ2n) is 9.05. The third-order valence-corrected chi connectivity index (χ3v) is 7.98. The minimum atomic E-state index is -0.587. The van der Waals surface area contributed by atoms with Crippen LogP contribution in [0.4, 0.5) is 5.69 Å². The van der Waals surface area contributed by atoms with Crippen LogP contribution in [0.15, 0.2) is 64.2 Å². The third kappa shape index (κ3) is 5.80. The van der Waals surface area contributed by atoms with Gasteiger partial charge in [0.05, 0.1) is 17.4 Å². The number of thiophene rings is 1.